The fourth-order valence-electron chi connectivity index (χ4n) is 2.49. The van der Waals surface area contributed by atoms with E-state index in [0.717, 1.165) is 25.7 Å². The van der Waals surface area contributed by atoms with Crippen molar-refractivity contribution in [2.24, 2.45) is 10.8 Å². The van der Waals surface area contributed by atoms with Crippen molar-refractivity contribution in [3.05, 3.63) is 0 Å². The van der Waals surface area contributed by atoms with Crippen LogP contribution < -0.4 is 18.9 Å². The monoisotopic (exact) mass is 280 g/mol. The molecule has 4 nitrogen and oxygen atoms in total. The van der Waals surface area contributed by atoms with Crippen molar-refractivity contribution in [2.45, 2.75) is 72.6 Å². The number of carboxylic acids is 2. The van der Waals surface area contributed by atoms with Gasteiger partial charge in [0, 0.05) is 0 Å². The SMILES string of the molecule is CCCCCCCCC(C(=O)O)(C(=O)O)C(C)(C)C.[H-].[Li+]. The molecule has 0 aromatic carbocycles. The topological polar surface area (TPSA) is 74.6 Å². The van der Waals surface area contributed by atoms with Gasteiger partial charge in [-0.15, -0.1) is 0 Å². The molecule has 0 bridgehead atoms. The van der Waals surface area contributed by atoms with Crippen LogP contribution in [0.3, 0.4) is 0 Å². The van der Waals surface area contributed by atoms with Crippen molar-refractivity contribution in [2.75, 3.05) is 0 Å². The van der Waals surface area contributed by atoms with Gasteiger partial charge in [-0.2, -0.15) is 0 Å². The zero-order chi connectivity index (χ0) is 15.1. The molecule has 0 aliphatic rings. The van der Waals surface area contributed by atoms with Gasteiger partial charge < -0.3 is 11.6 Å². The maximum atomic E-state index is 11.5. The molecule has 0 unspecified atom stereocenters. The third kappa shape index (κ3) is 5.50. The number of hydrogen-bond donors (Lipinski definition) is 2. The smallest absolute Gasteiger partial charge is 1.00 e. The van der Waals surface area contributed by atoms with E-state index in [1.807, 2.05) is 0 Å². The molecule has 0 rings (SSSR count). The van der Waals surface area contributed by atoms with Gasteiger partial charge in [-0.05, 0) is 11.8 Å². The molecule has 0 amide bonds. The molecule has 0 aliphatic carbocycles. The maximum Gasteiger partial charge on any atom is 1.00 e. The Labute approximate surface area is 136 Å². The molecule has 0 spiro atoms. The van der Waals surface area contributed by atoms with Crippen molar-refractivity contribution in [1.29, 1.82) is 0 Å². The van der Waals surface area contributed by atoms with E-state index < -0.39 is 22.8 Å². The average Bonchev–Trinajstić information content (AvgIpc) is 2.25. The molecular formula is C15H29LiO4. The normalized spacial score (nSPS) is 11.8. The molecule has 0 radical (unpaired) electrons. The molecule has 0 heterocycles. The van der Waals surface area contributed by atoms with E-state index in [1.165, 1.54) is 6.42 Å². The Balaban J connectivity index is -0.00000162. The van der Waals surface area contributed by atoms with Crippen LogP contribution in [0.15, 0.2) is 0 Å². The van der Waals surface area contributed by atoms with Gasteiger partial charge in [-0.3, -0.25) is 9.59 Å². The van der Waals surface area contributed by atoms with Crippen LogP contribution in [0.4, 0.5) is 0 Å². The van der Waals surface area contributed by atoms with E-state index in [9.17, 15) is 19.8 Å². The summed E-state index contributed by atoms with van der Waals surface area (Å²) in [5, 5.41) is 18.8. The van der Waals surface area contributed by atoms with Gasteiger partial charge in [0.05, 0.1) is 0 Å². The summed E-state index contributed by atoms with van der Waals surface area (Å²) in [5.41, 5.74) is -2.48. The van der Waals surface area contributed by atoms with Crippen molar-refractivity contribution in [1.82, 2.24) is 0 Å². The summed E-state index contributed by atoms with van der Waals surface area (Å²) in [6.07, 6.45) is 6.29. The standard InChI is InChI=1S/C15H28O4.Li.H/c1-5-6-7-8-9-10-11-15(12(16)17,13(18)19)14(2,3)4;;/h5-11H2,1-4H3,(H,16,17)(H,18,19);;/q;+1;-1. The van der Waals surface area contributed by atoms with Crippen molar-refractivity contribution in [3.8, 4) is 0 Å². The van der Waals surface area contributed by atoms with Gasteiger partial charge in [0.2, 0.25) is 0 Å². The van der Waals surface area contributed by atoms with E-state index in [2.05, 4.69) is 6.92 Å². The van der Waals surface area contributed by atoms with Crippen LogP contribution in [0.1, 0.15) is 74.1 Å². The predicted octanol–water partition coefficient (Wildman–Crippen LogP) is 1.06. The minimum absolute atomic E-state index is 0. The molecule has 5 heteroatoms. The first kappa shape index (κ1) is 21.8. The Kier molecular flexibility index (Phi) is 10.3. The quantitative estimate of drug-likeness (QED) is 0.376. The fourth-order valence-corrected chi connectivity index (χ4v) is 2.49. The van der Waals surface area contributed by atoms with E-state index in [1.54, 1.807) is 20.8 Å². The molecule has 2 N–H and O–H groups in total. The number of unbranched alkanes of at least 4 members (excludes halogenated alkanes) is 5. The number of hydrogen-bond acceptors (Lipinski definition) is 2. The number of aliphatic carboxylic acids is 2. The predicted molar refractivity (Wildman–Crippen MR) is 76.3 cm³/mol. The average molecular weight is 280 g/mol. The molecule has 114 valence electrons. The van der Waals surface area contributed by atoms with Gasteiger partial charge in [0.15, 0.2) is 5.41 Å². The van der Waals surface area contributed by atoms with Crippen LogP contribution in [-0.2, 0) is 9.59 Å². The summed E-state index contributed by atoms with van der Waals surface area (Å²) in [7, 11) is 0. The van der Waals surface area contributed by atoms with Gasteiger partial charge in [-0.25, -0.2) is 0 Å². The third-order valence-corrected chi connectivity index (χ3v) is 3.92. The van der Waals surface area contributed by atoms with E-state index in [-0.39, 0.29) is 26.7 Å². The molecule has 0 fully saturated rings. The second-order valence-electron chi connectivity index (χ2n) is 6.28. The van der Waals surface area contributed by atoms with E-state index in [4.69, 9.17) is 0 Å². The van der Waals surface area contributed by atoms with Crippen LogP contribution >= 0.6 is 0 Å². The zero-order valence-corrected chi connectivity index (χ0v) is 13.7. The molecule has 0 aliphatic heterocycles. The van der Waals surface area contributed by atoms with Crippen molar-refractivity contribution >= 4 is 11.9 Å². The Morgan fingerprint density at radius 2 is 1.30 bits per heavy atom. The molecule has 0 saturated heterocycles. The number of carboxylic acid groups (broad SMARTS) is 2. The minimum Gasteiger partial charge on any atom is -1.00 e. The Bertz CT molecular complexity index is 299. The summed E-state index contributed by atoms with van der Waals surface area (Å²) in [5.74, 6) is -2.44. The van der Waals surface area contributed by atoms with Gasteiger partial charge in [0.1, 0.15) is 0 Å². The molecule has 0 aromatic heterocycles. The van der Waals surface area contributed by atoms with E-state index >= 15 is 0 Å². The zero-order valence-electron chi connectivity index (χ0n) is 14.7. The van der Waals surface area contributed by atoms with Gasteiger partial charge in [-0.1, -0.05) is 66.2 Å². The molecular weight excluding hydrogens is 251 g/mol. The van der Waals surface area contributed by atoms with Crippen molar-refractivity contribution < 1.29 is 40.1 Å². The summed E-state index contributed by atoms with van der Waals surface area (Å²) in [6.45, 7) is 7.20. The van der Waals surface area contributed by atoms with E-state index in [0.29, 0.717) is 6.42 Å². The third-order valence-electron chi connectivity index (χ3n) is 3.92. The van der Waals surface area contributed by atoms with Crippen LogP contribution in [0.5, 0.6) is 0 Å². The molecule has 0 atom stereocenters. The molecule has 0 saturated carbocycles. The van der Waals surface area contributed by atoms with Gasteiger partial charge in [0.25, 0.3) is 0 Å². The minimum atomic E-state index is -1.68. The molecule has 20 heavy (non-hydrogen) atoms. The molecule has 0 aromatic rings. The Morgan fingerprint density at radius 1 is 0.900 bits per heavy atom. The summed E-state index contributed by atoms with van der Waals surface area (Å²) >= 11 is 0. The first-order valence-electron chi connectivity index (χ1n) is 7.17. The van der Waals surface area contributed by atoms with Crippen LogP contribution in [0.2, 0.25) is 0 Å². The maximum absolute atomic E-state index is 11.5. The Hall–Kier alpha value is -0.463. The van der Waals surface area contributed by atoms with Crippen LogP contribution in [0.25, 0.3) is 0 Å². The fraction of sp³-hybridized carbons (Fsp3) is 0.867. The second kappa shape index (κ2) is 9.47. The summed E-state index contributed by atoms with van der Waals surface area (Å²) in [6, 6.07) is 0. The summed E-state index contributed by atoms with van der Waals surface area (Å²) in [4.78, 5) is 23.0. The van der Waals surface area contributed by atoms with Gasteiger partial charge >= 0.3 is 30.8 Å². The largest absolute Gasteiger partial charge is 1.00 e. The Morgan fingerprint density at radius 3 is 1.65 bits per heavy atom. The first-order valence-corrected chi connectivity index (χ1v) is 7.17. The number of rotatable bonds is 9. The van der Waals surface area contributed by atoms with Crippen LogP contribution in [0, 0.1) is 10.8 Å². The van der Waals surface area contributed by atoms with Crippen LogP contribution in [-0.4, -0.2) is 22.2 Å². The first-order chi connectivity index (χ1) is 8.70. The summed E-state index contributed by atoms with van der Waals surface area (Å²) < 4.78 is 0. The number of carbonyl (C=O) groups is 2. The van der Waals surface area contributed by atoms with Crippen molar-refractivity contribution in [3.63, 3.8) is 0 Å². The second-order valence-corrected chi connectivity index (χ2v) is 6.28.